The van der Waals surface area contributed by atoms with Crippen LogP contribution in [0.25, 0.3) is 10.9 Å². The molecule has 0 aliphatic rings. The Morgan fingerprint density at radius 3 is 2.68 bits per heavy atom. The third-order valence-corrected chi connectivity index (χ3v) is 3.60. The maximum absolute atomic E-state index is 12.4. The second-order valence-electron chi connectivity index (χ2n) is 5.13. The van der Waals surface area contributed by atoms with E-state index in [1.807, 2.05) is 38.1 Å². The number of nitrogens with zero attached hydrogens (tertiary/aromatic N) is 2. The van der Waals surface area contributed by atoms with E-state index in [0.717, 1.165) is 16.5 Å². The number of rotatable bonds is 2. The summed E-state index contributed by atoms with van der Waals surface area (Å²) in [5.74, 6) is 0.223. The predicted octanol–water partition coefficient (Wildman–Crippen LogP) is 4.15. The molecule has 0 saturated carbocycles. The number of carbonyl (C=O) groups excluding carboxylic acids is 1. The molecule has 2 heterocycles. The summed E-state index contributed by atoms with van der Waals surface area (Å²) in [6, 6.07) is 11.2. The van der Waals surface area contributed by atoms with Crippen molar-refractivity contribution in [3.8, 4) is 0 Å². The van der Waals surface area contributed by atoms with E-state index in [0.29, 0.717) is 22.1 Å². The van der Waals surface area contributed by atoms with Gasteiger partial charge in [-0.2, -0.15) is 0 Å². The zero-order valence-electron chi connectivity index (χ0n) is 12.2. The van der Waals surface area contributed by atoms with Crippen LogP contribution in [0.2, 0.25) is 5.02 Å². The smallest absolute Gasteiger partial charge is 0.258 e. The van der Waals surface area contributed by atoms with Crippen molar-refractivity contribution in [2.45, 2.75) is 13.8 Å². The Morgan fingerprint density at radius 2 is 1.95 bits per heavy atom. The summed E-state index contributed by atoms with van der Waals surface area (Å²) in [6.45, 7) is 3.83. The molecule has 22 heavy (non-hydrogen) atoms. The van der Waals surface area contributed by atoms with Gasteiger partial charge in [0, 0.05) is 11.6 Å². The monoisotopic (exact) mass is 311 g/mol. The number of hydrogen-bond donors (Lipinski definition) is 1. The lowest BCUT2D eigenvalue weighted by atomic mass is 10.1. The number of hydrogen-bond acceptors (Lipinski definition) is 3. The second-order valence-corrected chi connectivity index (χ2v) is 5.57. The largest absolute Gasteiger partial charge is 0.307 e. The topological polar surface area (TPSA) is 54.9 Å². The van der Waals surface area contributed by atoms with Gasteiger partial charge in [0.05, 0.1) is 21.8 Å². The lowest BCUT2D eigenvalue weighted by molar-refractivity contribution is 0.102. The van der Waals surface area contributed by atoms with Crippen LogP contribution < -0.4 is 5.32 Å². The van der Waals surface area contributed by atoms with Crippen LogP contribution >= 0.6 is 11.6 Å². The lowest BCUT2D eigenvalue weighted by Gasteiger charge is -2.09. The first-order valence-corrected chi connectivity index (χ1v) is 7.21. The van der Waals surface area contributed by atoms with Crippen molar-refractivity contribution in [2.24, 2.45) is 0 Å². The van der Waals surface area contributed by atoms with Gasteiger partial charge < -0.3 is 5.32 Å². The molecular weight excluding hydrogens is 298 g/mol. The van der Waals surface area contributed by atoms with E-state index >= 15 is 0 Å². The second kappa shape index (κ2) is 5.73. The average Bonchev–Trinajstić information content (AvgIpc) is 2.49. The van der Waals surface area contributed by atoms with E-state index in [2.05, 4.69) is 15.3 Å². The third-order valence-electron chi connectivity index (χ3n) is 3.37. The van der Waals surface area contributed by atoms with E-state index in [9.17, 15) is 4.79 Å². The highest BCUT2D eigenvalue weighted by atomic mass is 35.5. The minimum Gasteiger partial charge on any atom is -0.307 e. The van der Waals surface area contributed by atoms with E-state index in [1.165, 1.54) is 6.20 Å². The van der Waals surface area contributed by atoms with Crippen LogP contribution in [0.4, 0.5) is 5.82 Å². The molecule has 1 N–H and O–H groups in total. The summed E-state index contributed by atoms with van der Waals surface area (Å²) >= 11 is 5.79. The molecule has 3 aromatic rings. The minimum absolute atomic E-state index is 0.233. The van der Waals surface area contributed by atoms with Crippen LogP contribution in [0.3, 0.4) is 0 Å². The van der Waals surface area contributed by atoms with Crippen LogP contribution in [0.1, 0.15) is 21.6 Å². The summed E-state index contributed by atoms with van der Waals surface area (Å²) in [4.78, 5) is 21.0. The Labute approximate surface area is 133 Å². The SMILES string of the molecule is Cc1ccc2nc(C)c(C(=O)Nc3ccc(Cl)cn3)cc2c1. The van der Waals surface area contributed by atoms with Gasteiger partial charge in [0.15, 0.2) is 0 Å². The first-order chi connectivity index (χ1) is 10.5. The number of benzene rings is 1. The van der Waals surface area contributed by atoms with Gasteiger partial charge >= 0.3 is 0 Å². The quantitative estimate of drug-likeness (QED) is 0.773. The molecule has 0 bridgehead atoms. The van der Waals surface area contributed by atoms with Crippen LogP contribution in [0, 0.1) is 13.8 Å². The van der Waals surface area contributed by atoms with Gasteiger partial charge in [0.2, 0.25) is 0 Å². The highest BCUT2D eigenvalue weighted by molar-refractivity contribution is 6.30. The molecular formula is C17H14ClN3O. The number of nitrogens with one attached hydrogen (secondary N) is 1. The normalized spacial score (nSPS) is 10.7. The first-order valence-electron chi connectivity index (χ1n) is 6.84. The van der Waals surface area contributed by atoms with Crippen molar-refractivity contribution in [1.29, 1.82) is 0 Å². The van der Waals surface area contributed by atoms with Crippen LogP contribution in [-0.4, -0.2) is 15.9 Å². The van der Waals surface area contributed by atoms with Gasteiger partial charge in [-0.05, 0) is 44.2 Å². The number of anilines is 1. The van der Waals surface area contributed by atoms with E-state index in [4.69, 9.17) is 11.6 Å². The summed E-state index contributed by atoms with van der Waals surface area (Å²) in [6.07, 6.45) is 1.49. The first kappa shape index (κ1) is 14.5. The maximum Gasteiger partial charge on any atom is 0.258 e. The minimum atomic E-state index is -0.233. The molecule has 2 aromatic heterocycles. The number of halogens is 1. The fraction of sp³-hybridized carbons (Fsp3) is 0.118. The molecule has 5 heteroatoms. The standard InChI is InChI=1S/C17H14ClN3O/c1-10-3-5-15-12(7-10)8-14(11(2)20-15)17(22)21-16-6-4-13(18)9-19-16/h3-9H,1-2H3,(H,19,21,22). The zero-order chi connectivity index (χ0) is 15.7. The fourth-order valence-electron chi connectivity index (χ4n) is 2.26. The third kappa shape index (κ3) is 2.92. The molecule has 0 aliphatic heterocycles. The highest BCUT2D eigenvalue weighted by Gasteiger charge is 2.12. The number of aromatic nitrogens is 2. The van der Waals surface area contributed by atoms with E-state index < -0.39 is 0 Å². The average molecular weight is 312 g/mol. The molecule has 3 rings (SSSR count). The van der Waals surface area contributed by atoms with Gasteiger partial charge in [-0.25, -0.2) is 4.98 Å². The molecule has 0 spiro atoms. The van der Waals surface area contributed by atoms with Gasteiger partial charge in [-0.3, -0.25) is 9.78 Å². The van der Waals surface area contributed by atoms with Crippen LogP contribution in [-0.2, 0) is 0 Å². The molecule has 0 unspecified atom stereocenters. The van der Waals surface area contributed by atoms with Gasteiger partial charge in [0.25, 0.3) is 5.91 Å². The van der Waals surface area contributed by atoms with Crippen molar-refractivity contribution in [2.75, 3.05) is 5.32 Å². The molecule has 4 nitrogen and oxygen atoms in total. The van der Waals surface area contributed by atoms with Crippen molar-refractivity contribution in [3.05, 3.63) is 64.4 Å². The molecule has 0 atom stereocenters. The Hall–Kier alpha value is -2.46. The Bertz CT molecular complexity index is 860. The van der Waals surface area contributed by atoms with Crippen molar-refractivity contribution >= 4 is 34.2 Å². The molecule has 1 aromatic carbocycles. The van der Waals surface area contributed by atoms with Gasteiger partial charge in [0.1, 0.15) is 5.82 Å². The molecule has 0 saturated heterocycles. The fourth-order valence-corrected chi connectivity index (χ4v) is 2.37. The van der Waals surface area contributed by atoms with Crippen molar-refractivity contribution in [3.63, 3.8) is 0 Å². The maximum atomic E-state index is 12.4. The Balaban J connectivity index is 1.96. The summed E-state index contributed by atoms with van der Waals surface area (Å²) < 4.78 is 0. The number of pyridine rings is 2. The molecule has 1 amide bonds. The molecule has 0 fully saturated rings. The number of carbonyl (C=O) groups is 1. The number of amides is 1. The summed E-state index contributed by atoms with van der Waals surface area (Å²) in [5.41, 5.74) is 3.23. The van der Waals surface area contributed by atoms with Gasteiger partial charge in [-0.1, -0.05) is 23.2 Å². The van der Waals surface area contributed by atoms with Crippen molar-refractivity contribution in [1.82, 2.24) is 9.97 Å². The summed E-state index contributed by atoms with van der Waals surface area (Å²) in [7, 11) is 0. The predicted molar refractivity (Wildman–Crippen MR) is 88.4 cm³/mol. The van der Waals surface area contributed by atoms with Crippen LogP contribution in [0.5, 0.6) is 0 Å². The van der Waals surface area contributed by atoms with Gasteiger partial charge in [-0.15, -0.1) is 0 Å². The van der Waals surface area contributed by atoms with Crippen molar-refractivity contribution < 1.29 is 4.79 Å². The van der Waals surface area contributed by atoms with E-state index in [1.54, 1.807) is 12.1 Å². The van der Waals surface area contributed by atoms with Crippen LogP contribution in [0.15, 0.2) is 42.6 Å². The molecule has 0 radical (unpaired) electrons. The summed E-state index contributed by atoms with van der Waals surface area (Å²) in [5, 5.41) is 4.23. The molecule has 110 valence electrons. The molecule has 0 aliphatic carbocycles. The number of aryl methyl sites for hydroxylation is 2. The Kier molecular flexibility index (Phi) is 3.77. The van der Waals surface area contributed by atoms with E-state index in [-0.39, 0.29) is 5.91 Å². The number of fused-ring (bicyclic) bond motifs is 1. The zero-order valence-corrected chi connectivity index (χ0v) is 13.0. The Morgan fingerprint density at radius 1 is 1.14 bits per heavy atom. The highest BCUT2D eigenvalue weighted by Crippen LogP contribution is 2.19. The lowest BCUT2D eigenvalue weighted by Crippen LogP contribution is -2.15.